The van der Waals surface area contributed by atoms with E-state index in [1.54, 1.807) is 24.3 Å². The van der Waals surface area contributed by atoms with Gasteiger partial charge >= 0.3 is 12.0 Å². The molecule has 6 heteroatoms. The summed E-state index contributed by atoms with van der Waals surface area (Å²) in [6, 6.07) is 8.50. The third-order valence-electron chi connectivity index (χ3n) is 3.64. The lowest BCUT2D eigenvalue weighted by Gasteiger charge is -2.30. The quantitative estimate of drug-likeness (QED) is 0.773. The smallest absolute Gasteiger partial charge is 0.317 e. The Labute approximate surface area is 123 Å². The van der Waals surface area contributed by atoms with Crippen molar-refractivity contribution in [2.75, 3.05) is 19.6 Å². The summed E-state index contributed by atoms with van der Waals surface area (Å²) in [6.45, 7) is 0.922. The van der Waals surface area contributed by atoms with Gasteiger partial charge in [0.05, 0.1) is 12.0 Å². The highest BCUT2D eigenvalue weighted by molar-refractivity contribution is 5.79. The highest BCUT2D eigenvalue weighted by Crippen LogP contribution is 2.15. The fourth-order valence-corrected chi connectivity index (χ4v) is 2.47. The molecule has 2 atom stereocenters. The number of carboxylic acid groups (broad SMARTS) is 1. The van der Waals surface area contributed by atoms with Gasteiger partial charge in [0.15, 0.2) is 0 Å². The molecule has 1 saturated heterocycles. The molecule has 1 aliphatic heterocycles. The summed E-state index contributed by atoms with van der Waals surface area (Å²) in [7, 11) is 0. The maximum absolute atomic E-state index is 12.0. The fourth-order valence-electron chi connectivity index (χ4n) is 2.47. The van der Waals surface area contributed by atoms with Crippen LogP contribution in [0.4, 0.5) is 4.79 Å². The summed E-state index contributed by atoms with van der Waals surface area (Å²) in [4.78, 5) is 24.9. The number of aliphatic hydroxyl groups excluding tert-OH is 1. The van der Waals surface area contributed by atoms with E-state index in [2.05, 4.69) is 5.32 Å². The number of urea groups is 1. The largest absolute Gasteiger partial charge is 0.481 e. The summed E-state index contributed by atoms with van der Waals surface area (Å²) < 4.78 is 0. The average Bonchev–Trinajstić information content (AvgIpc) is 2.48. The summed E-state index contributed by atoms with van der Waals surface area (Å²) >= 11 is 0. The molecule has 3 N–H and O–H groups in total. The Hall–Kier alpha value is -2.08. The number of benzene rings is 1. The van der Waals surface area contributed by atoms with Crippen LogP contribution in [0.3, 0.4) is 0 Å². The third kappa shape index (κ3) is 4.19. The van der Waals surface area contributed by atoms with Crippen LogP contribution in [0.1, 0.15) is 24.3 Å². The van der Waals surface area contributed by atoms with Crippen LogP contribution in [0.15, 0.2) is 30.3 Å². The van der Waals surface area contributed by atoms with Crippen molar-refractivity contribution in [2.45, 2.75) is 24.9 Å². The number of carboxylic acids is 1. The number of amides is 2. The molecule has 0 aliphatic carbocycles. The zero-order chi connectivity index (χ0) is 15.2. The maximum Gasteiger partial charge on any atom is 0.317 e. The highest BCUT2D eigenvalue weighted by atomic mass is 16.4. The van der Waals surface area contributed by atoms with Gasteiger partial charge in [0, 0.05) is 19.6 Å². The zero-order valence-electron chi connectivity index (χ0n) is 11.7. The Balaban J connectivity index is 1.93. The Morgan fingerprint density at radius 1 is 1.33 bits per heavy atom. The van der Waals surface area contributed by atoms with Gasteiger partial charge < -0.3 is 20.4 Å². The number of hydrogen-bond donors (Lipinski definition) is 3. The number of aliphatic carboxylic acids is 1. The molecule has 2 rings (SSSR count). The van der Waals surface area contributed by atoms with Crippen molar-refractivity contribution in [1.82, 2.24) is 10.2 Å². The summed E-state index contributed by atoms with van der Waals surface area (Å²) in [6.07, 6.45) is 0.968. The SMILES string of the molecule is O=C(O)C(CNC(=O)N1CCCC(O)C1)c1ccccc1. The summed E-state index contributed by atoms with van der Waals surface area (Å²) in [5, 5.41) is 21.5. The molecule has 0 saturated carbocycles. The minimum Gasteiger partial charge on any atom is -0.481 e. The van der Waals surface area contributed by atoms with E-state index in [1.165, 1.54) is 4.90 Å². The number of piperidine rings is 1. The molecule has 1 aliphatic rings. The number of carbonyl (C=O) groups is 2. The third-order valence-corrected chi connectivity index (χ3v) is 3.64. The van der Waals surface area contributed by atoms with Crippen LogP contribution >= 0.6 is 0 Å². The summed E-state index contributed by atoms with van der Waals surface area (Å²) in [5.41, 5.74) is 0.656. The van der Waals surface area contributed by atoms with Crippen molar-refractivity contribution in [3.63, 3.8) is 0 Å². The standard InChI is InChI=1S/C15H20N2O4/c18-12-7-4-8-17(10-12)15(21)16-9-13(14(19)20)11-5-2-1-3-6-11/h1-3,5-6,12-13,18H,4,7-10H2,(H,16,21)(H,19,20). The Morgan fingerprint density at radius 2 is 2.05 bits per heavy atom. The molecule has 0 aromatic heterocycles. The zero-order valence-corrected chi connectivity index (χ0v) is 11.7. The summed E-state index contributed by atoms with van der Waals surface area (Å²) in [5.74, 6) is -1.75. The van der Waals surface area contributed by atoms with Gasteiger partial charge in [-0.15, -0.1) is 0 Å². The van der Waals surface area contributed by atoms with Crippen LogP contribution in [0.5, 0.6) is 0 Å². The second-order valence-corrected chi connectivity index (χ2v) is 5.23. The maximum atomic E-state index is 12.0. The lowest BCUT2D eigenvalue weighted by atomic mass is 9.99. The van der Waals surface area contributed by atoms with Crippen molar-refractivity contribution in [3.05, 3.63) is 35.9 Å². The van der Waals surface area contributed by atoms with E-state index in [4.69, 9.17) is 0 Å². The molecule has 2 amide bonds. The molecule has 1 heterocycles. The molecule has 0 radical (unpaired) electrons. The first-order chi connectivity index (χ1) is 10.1. The van der Waals surface area contributed by atoms with Crippen molar-refractivity contribution in [1.29, 1.82) is 0 Å². The number of β-amino-alcohol motifs (C(OH)–C–C–N with tert-alkyl or cyclic N) is 1. The van der Waals surface area contributed by atoms with E-state index in [-0.39, 0.29) is 12.6 Å². The van der Waals surface area contributed by atoms with Crippen LogP contribution in [0, 0.1) is 0 Å². The second-order valence-electron chi connectivity index (χ2n) is 5.23. The molecule has 21 heavy (non-hydrogen) atoms. The van der Waals surface area contributed by atoms with Gasteiger partial charge in [-0.25, -0.2) is 4.79 Å². The molecule has 0 bridgehead atoms. The molecule has 114 valence electrons. The first-order valence-electron chi connectivity index (χ1n) is 7.06. The van der Waals surface area contributed by atoms with Gasteiger partial charge in [-0.05, 0) is 18.4 Å². The second kappa shape index (κ2) is 7.08. The van der Waals surface area contributed by atoms with Gasteiger partial charge in [-0.1, -0.05) is 30.3 Å². The number of rotatable bonds is 4. The predicted molar refractivity (Wildman–Crippen MR) is 77.0 cm³/mol. The molecule has 1 aromatic carbocycles. The number of hydrogen-bond acceptors (Lipinski definition) is 3. The van der Waals surface area contributed by atoms with E-state index < -0.39 is 18.0 Å². The van der Waals surface area contributed by atoms with Crippen LogP contribution in [0.2, 0.25) is 0 Å². The van der Waals surface area contributed by atoms with E-state index in [0.717, 1.165) is 6.42 Å². The molecule has 0 spiro atoms. The number of aliphatic hydroxyl groups is 1. The normalized spacial score (nSPS) is 19.9. The highest BCUT2D eigenvalue weighted by Gasteiger charge is 2.24. The molecular weight excluding hydrogens is 272 g/mol. The van der Waals surface area contributed by atoms with Crippen LogP contribution in [0.25, 0.3) is 0 Å². The predicted octanol–water partition coefficient (Wildman–Crippen LogP) is 1.02. The number of likely N-dealkylation sites (tertiary alicyclic amines) is 1. The Morgan fingerprint density at radius 3 is 2.67 bits per heavy atom. The monoisotopic (exact) mass is 292 g/mol. The van der Waals surface area contributed by atoms with Gasteiger partial charge in [-0.3, -0.25) is 4.79 Å². The van der Waals surface area contributed by atoms with Crippen molar-refractivity contribution < 1.29 is 19.8 Å². The van der Waals surface area contributed by atoms with E-state index in [9.17, 15) is 19.8 Å². The van der Waals surface area contributed by atoms with Crippen LogP contribution in [-0.2, 0) is 4.79 Å². The lowest BCUT2D eigenvalue weighted by molar-refractivity contribution is -0.138. The molecule has 2 unspecified atom stereocenters. The minimum atomic E-state index is -0.972. The van der Waals surface area contributed by atoms with E-state index in [0.29, 0.717) is 25.1 Å². The Bertz CT molecular complexity index is 492. The first-order valence-corrected chi connectivity index (χ1v) is 7.06. The number of carbonyl (C=O) groups excluding carboxylic acids is 1. The fraction of sp³-hybridized carbons (Fsp3) is 0.467. The van der Waals surface area contributed by atoms with Crippen molar-refractivity contribution in [3.8, 4) is 0 Å². The molecule has 6 nitrogen and oxygen atoms in total. The van der Waals surface area contributed by atoms with E-state index in [1.807, 2.05) is 6.07 Å². The average molecular weight is 292 g/mol. The topological polar surface area (TPSA) is 89.9 Å². The van der Waals surface area contributed by atoms with Crippen molar-refractivity contribution in [2.24, 2.45) is 0 Å². The van der Waals surface area contributed by atoms with E-state index >= 15 is 0 Å². The molecule has 1 aromatic rings. The van der Waals surface area contributed by atoms with Crippen molar-refractivity contribution >= 4 is 12.0 Å². The van der Waals surface area contributed by atoms with Gasteiger partial charge in [0.1, 0.15) is 0 Å². The minimum absolute atomic E-state index is 0.0325. The number of nitrogens with one attached hydrogen (secondary N) is 1. The van der Waals surface area contributed by atoms with Gasteiger partial charge in [0.25, 0.3) is 0 Å². The van der Waals surface area contributed by atoms with Gasteiger partial charge in [-0.2, -0.15) is 0 Å². The Kier molecular flexibility index (Phi) is 5.16. The number of nitrogens with zero attached hydrogens (tertiary/aromatic N) is 1. The van der Waals surface area contributed by atoms with Crippen LogP contribution < -0.4 is 5.32 Å². The van der Waals surface area contributed by atoms with Crippen LogP contribution in [-0.4, -0.2) is 52.9 Å². The first kappa shape index (κ1) is 15.3. The molecule has 1 fully saturated rings. The molecular formula is C15H20N2O4. The lowest BCUT2D eigenvalue weighted by Crippen LogP contribution is -2.48. The van der Waals surface area contributed by atoms with Gasteiger partial charge in [0.2, 0.25) is 0 Å².